The number of aryl methyl sites for hydroxylation is 1. The Kier molecular flexibility index (Phi) is 7.95. The van der Waals surface area contributed by atoms with Gasteiger partial charge in [-0.05, 0) is 31.7 Å². The van der Waals surface area contributed by atoms with Crippen LogP contribution in [-0.2, 0) is 11.2 Å². The fraction of sp³-hybridized carbons (Fsp3) is 0.706. The van der Waals surface area contributed by atoms with Gasteiger partial charge in [0.2, 0.25) is 11.9 Å². The molecular weight excluding hydrogens is 262 g/mol. The Bertz CT molecular complexity index is 428. The van der Waals surface area contributed by atoms with Gasteiger partial charge in [0, 0.05) is 24.4 Å². The predicted octanol–water partition coefficient (Wildman–Crippen LogP) is 4.14. The van der Waals surface area contributed by atoms with Crippen molar-refractivity contribution >= 4 is 11.9 Å². The van der Waals surface area contributed by atoms with Gasteiger partial charge < -0.3 is 0 Å². The van der Waals surface area contributed by atoms with Crippen LogP contribution < -0.4 is 4.90 Å². The monoisotopic (exact) mass is 291 g/mol. The highest BCUT2D eigenvalue weighted by molar-refractivity contribution is 5.92. The largest absolute Gasteiger partial charge is 0.278 e. The van der Waals surface area contributed by atoms with E-state index in [0.717, 1.165) is 44.2 Å². The third-order valence-electron chi connectivity index (χ3n) is 3.62. The summed E-state index contributed by atoms with van der Waals surface area (Å²) in [6.07, 6.45) is 8.17. The lowest BCUT2D eigenvalue weighted by atomic mass is 10.0. The van der Waals surface area contributed by atoms with Crippen LogP contribution in [0, 0.1) is 0 Å². The second kappa shape index (κ2) is 9.48. The zero-order valence-corrected chi connectivity index (χ0v) is 13.9. The van der Waals surface area contributed by atoms with Crippen molar-refractivity contribution in [2.45, 2.75) is 78.7 Å². The molecule has 0 aliphatic heterocycles. The lowest BCUT2D eigenvalue weighted by molar-refractivity contribution is -0.119. The molecule has 1 rings (SSSR count). The van der Waals surface area contributed by atoms with Crippen LogP contribution in [0.1, 0.15) is 71.9 Å². The number of hydrogen-bond acceptors (Lipinski definition) is 3. The van der Waals surface area contributed by atoms with Crippen LogP contribution in [0.15, 0.2) is 12.3 Å². The second-order valence-corrected chi connectivity index (χ2v) is 5.45. The van der Waals surface area contributed by atoms with Crippen molar-refractivity contribution in [1.29, 1.82) is 0 Å². The summed E-state index contributed by atoms with van der Waals surface area (Å²) in [6.45, 7) is 8.43. The molecule has 0 bridgehead atoms. The molecule has 0 unspecified atom stereocenters. The molecule has 4 nitrogen and oxygen atoms in total. The average Bonchev–Trinajstić information content (AvgIpc) is 2.48. The van der Waals surface area contributed by atoms with Crippen molar-refractivity contribution in [1.82, 2.24) is 9.97 Å². The summed E-state index contributed by atoms with van der Waals surface area (Å²) in [6, 6.07) is 2.13. The van der Waals surface area contributed by atoms with Gasteiger partial charge in [-0.1, -0.05) is 40.5 Å². The van der Waals surface area contributed by atoms with Crippen molar-refractivity contribution in [3.63, 3.8) is 0 Å². The highest BCUT2D eigenvalue weighted by Crippen LogP contribution is 2.21. The summed E-state index contributed by atoms with van der Waals surface area (Å²) in [4.78, 5) is 23.4. The first-order valence-corrected chi connectivity index (χ1v) is 8.31. The minimum absolute atomic E-state index is 0.151. The Morgan fingerprint density at radius 2 is 1.81 bits per heavy atom. The molecule has 1 aromatic rings. The Balaban J connectivity index is 3.12. The molecule has 0 aromatic carbocycles. The third-order valence-corrected chi connectivity index (χ3v) is 3.62. The van der Waals surface area contributed by atoms with Gasteiger partial charge in [0.25, 0.3) is 0 Å². The highest BCUT2D eigenvalue weighted by atomic mass is 16.2. The number of anilines is 1. The Hall–Kier alpha value is -1.45. The van der Waals surface area contributed by atoms with E-state index in [0.29, 0.717) is 12.4 Å². The summed E-state index contributed by atoms with van der Waals surface area (Å²) >= 11 is 0. The average molecular weight is 291 g/mol. The molecule has 4 heteroatoms. The molecule has 1 heterocycles. The molecule has 21 heavy (non-hydrogen) atoms. The first-order chi connectivity index (χ1) is 10.2. The van der Waals surface area contributed by atoms with E-state index in [1.807, 2.05) is 17.9 Å². The lowest BCUT2D eigenvalue weighted by Crippen LogP contribution is -2.41. The Morgan fingerprint density at radius 3 is 2.33 bits per heavy atom. The molecule has 1 amide bonds. The molecule has 0 saturated heterocycles. The molecule has 1 aromatic heterocycles. The number of nitrogens with zero attached hydrogens (tertiary/aromatic N) is 3. The van der Waals surface area contributed by atoms with Gasteiger partial charge in [-0.2, -0.15) is 0 Å². The topological polar surface area (TPSA) is 46.1 Å². The van der Waals surface area contributed by atoms with E-state index < -0.39 is 0 Å². The minimum atomic E-state index is 0.151. The van der Waals surface area contributed by atoms with Crippen LogP contribution in [0.25, 0.3) is 0 Å². The zero-order chi connectivity index (χ0) is 15.7. The number of carbonyl (C=O) groups is 1. The van der Waals surface area contributed by atoms with E-state index >= 15 is 0 Å². The first-order valence-electron chi connectivity index (χ1n) is 8.31. The molecule has 0 aliphatic carbocycles. The Morgan fingerprint density at radius 1 is 1.14 bits per heavy atom. The predicted molar refractivity (Wildman–Crippen MR) is 87.4 cm³/mol. The van der Waals surface area contributed by atoms with Gasteiger partial charge in [-0.3, -0.25) is 9.69 Å². The maximum Gasteiger partial charge on any atom is 0.232 e. The maximum atomic E-state index is 12.6. The number of hydrogen-bond donors (Lipinski definition) is 0. The smallest absolute Gasteiger partial charge is 0.232 e. The van der Waals surface area contributed by atoms with Gasteiger partial charge in [0.05, 0.1) is 0 Å². The summed E-state index contributed by atoms with van der Waals surface area (Å²) in [5.74, 6) is 0.734. The quantitative estimate of drug-likeness (QED) is 0.687. The van der Waals surface area contributed by atoms with Crippen molar-refractivity contribution in [3.05, 3.63) is 18.0 Å². The molecule has 0 fully saturated rings. The molecule has 0 atom stereocenters. The summed E-state index contributed by atoms with van der Waals surface area (Å²) in [5, 5.41) is 0. The van der Waals surface area contributed by atoms with Crippen molar-refractivity contribution in [2.75, 3.05) is 4.90 Å². The van der Waals surface area contributed by atoms with Crippen molar-refractivity contribution in [3.8, 4) is 0 Å². The summed E-state index contributed by atoms with van der Waals surface area (Å²) < 4.78 is 0. The van der Waals surface area contributed by atoms with Crippen molar-refractivity contribution < 1.29 is 4.79 Å². The van der Waals surface area contributed by atoms with Crippen LogP contribution >= 0.6 is 0 Å². The van der Waals surface area contributed by atoms with Crippen LogP contribution in [0.5, 0.6) is 0 Å². The van der Waals surface area contributed by atoms with Crippen LogP contribution in [-0.4, -0.2) is 21.9 Å². The molecule has 0 spiro atoms. The van der Waals surface area contributed by atoms with Gasteiger partial charge in [-0.25, -0.2) is 9.97 Å². The van der Waals surface area contributed by atoms with Crippen molar-refractivity contribution in [2.24, 2.45) is 0 Å². The molecule has 0 radical (unpaired) electrons. The summed E-state index contributed by atoms with van der Waals surface area (Å²) in [7, 11) is 0. The van der Waals surface area contributed by atoms with Gasteiger partial charge >= 0.3 is 0 Å². The van der Waals surface area contributed by atoms with E-state index in [2.05, 4.69) is 30.7 Å². The first kappa shape index (κ1) is 17.6. The highest BCUT2D eigenvalue weighted by Gasteiger charge is 2.25. The van der Waals surface area contributed by atoms with Gasteiger partial charge in [0.1, 0.15) is 0 Å². The van der Waals surface area contributed by atoms with Crippen LogP contribution in [0.4, 0.5) is 5.95 Å². The number of aromatic nitrogens is 2. The lowest BCUT2D eigenvalue weighted by Gasteiger charge is -2.30. The van der Waals surface area contributed by atoms with Crippen LogP contribution in [0.2, 0.25) is 0 Å². The summed E-state index contributed by atoms with van der Waals surface area (Å²) in [5.41, 5.74) is 0.987. The third kappa shape index (κ3) is 5.10. The van der Waals surface area contributed by atoms with Gasteiger partial charge in [-0.15, -0.1) is 0 Å². The standard InChI is InChI=1S/C17H29N3O/c1-5-9-15(10-6-2)20(16(21)11-7-3)17-18-13-12-14(8-4)19-17/h12-13,15H,5-11H2,1-4H3. The zero-order valence-electron chi connectivity index (χ0n) is 13.9. The van der Waals surface area contributed by atoms with E-state index in [9.17, 15) is 4.79 Å². The molecule has 118 valence electrons. The number of carbonyl (C=O) groups excluding carboxylic acids is 1. The number of rotatable bonds is 9. The fourth-order valence-corrected chi connectivity index (χ4v) is 2.58. The minimum Gasteiger partial charge on any atom is -0.278 e. The van der Waals surface area contributed by atoms with E-state index in [-0.39, 0.29) is 11.9 Å². The van der Waals surface area contributed by atoms with Crippen LogP contribution in [0.3, 0.4) is 0 Å². The van der Waals surface area contributed by atoms with E-state index in [1.54, 1.807) is 6.20 Å². The van der Waals surface area contributed by atoms with Gasteiger partial charge in [0.15, 0.2) is 0 Å². The molecule has 0 aliphatic rings. The molecule has 0 N–H and O–H groups in total. The number of amides is 1. The SMILES string of the molecule is CCCC(=O)N(c1nccc(CC)n1)C(CCC)CCC. The fourth-order valence-electron chi connectivity index (χ4n) is 2.58. The normalized spacial score (nSPS) is 10.9. The molecule has 0 saturated carbocycles. The maximum absolute atomic E-state index is 12.6. The van der Waals surface area contributed by atoms with E-state index in [4.69, 9.17) is 0 Å². The Labute approximate surface area is 129 Å². The second-order valence-electron chi connectivity index (χ2n) is 5.45. The van der Waals surface area contributed by atoms with E-state index in [1.165, 1.54) is 0 Å². The molecular formula is C17H29N3O.